The number of rotatable bonds is 9. The van der Waals surface area contributed by atoms with Gasteiger partial charge in [0.2, 0.25) is 5.91 Å². The zero-order chi connectivity index (χ0) is 14.8. The van der Waals surface area contributed by atoms with Gasteiger partial charge in [0, 0.05) is 32.1 Å². The summed E-state index contributed by atoms with van der Waals surface area (Å²) >= 11 is 0. The van der Waals surface area contributed by atoms with E-state index in [1.807, 2.05) is 0 Å². The van der Waals surface area contributed by atoms with Crippen LogP contribution in [0.15, 0.2) is 0 Å². The van der Waals surface area contributed by atoms with Crippen molar-refractivity contribution in [3.05, 3.63) is 0 Å². The first-order valence-electron chi connectivity index (χ1n) is 7.95. The Labute approximate surface area is 123 Å². The summed E-state index contributed by atoms with van der Waals surface area (Å²) in [5.74, 6) is 0.751. The molecule has 3 N–H and O–H groups in total. The molecule has 20 heavy (non-hydrogen) atoms. The fraction of sp³-hybridized carbons (Fsp3) is 0.933. The molecule has 2 unspecified atom stereocenters. The van der Waals surface area contributed by atoms with Crippen LogP contribution in [-0.4, -0.2) is 56.2 Å². The van der Waals surface area contributed by atoms with Crippen molar-refractivity contribution < 1.29 is 9.53 Å². The topological polar surface area (TPSA) is 67.6 Å². The smallest absolute Gasteiger partial charge is 0.220 e. The lowest BCUT2D eigenvalue weighted by Crippen LogP contribution is -2.46. The second-order valence-corrected chi connectivity index (χ2v) is 5.77. The van der Waals surface area contributed by atoms with Crippen LogP contribution in [0.5, 0.6) is 0 Å². The fourth-order valence-corrected chi connectivity index (χ4v) is 2.69. The molecule has 2 atom stereocenters. The van der Waals surface area contributed by atoms with Gasteiger partial charge >= 0.3 is 0 Å². The van der Waals surface area contributed by atoms with Crippen molar-refractivity contribution in [3.63, 3.8) is 0 Å². The van der Waals surface area contributed by atoms with Crippen LogP contribution in [0.1, 0.15) is 39.5 Å². The maximum absolute atomic E-state index is 11.9. The molecule has 118 valence electrons. The van der Waals surface area contributed by atoms with Crippen molar-refractivity contribution in [1.82, 2.24) is 10.2 Å². The van der Waals surface area contributed by atoms with Gasteiger partial charge in [-0.1, -0.05) is 13.3 Å². The van der Waals surface area contributed by atoms with Crippen LogP contribution in [0, 0.1) is 5.92 Å². The second-order valence-electron chi connectivity index (χ2n) is 5.77. The predicted molar refractivity (Wildman–Crippen MR) is 81.6 cm³/mol. The van der Waals surface area contributed by atoms with Crippen LogP contribution in [0.4, 0.5) is 0 Å². The van der Waals surface area contributed by atoms with E-state index in [1.54, 1.807) is 0 Å². The van der Waals surface area contributed by atoms with E-state index >= 15 is 0 Å². The van der Waals surface area contributed by atoms with Crippen LogP contribution in [0.2, 0.25) is 0 Å². The fourth-order valence-electron chi connectivity index (χ4n) is 2.69. The molecule has 5 heteroatoms. The minimum absolute atomic E-state index is 0.168. The van der Waals surface area contributed by atoms with E-state index in [2.05, 4.69) is 24.1 Å². The van der Waals surface area contributed by atoms with Gasteiger partial charge in [-0.25, -0.2) is 0 Å². The molecule has 0 aromatic heterocycles. The standard InChI is InChI=1S/C15H31N3O2/c1-3-14(6-7-16)4-5-15(19)17-13(2)12-18-8-10-20-11-9-18/h13-14H,3-12,16H2,1-2H3,(H,17,19). The van der Waals surface area contributed by atoms with Gasteiger partial charge in [-0.2, -0.15) is 0 Å². The second kappa shape index (κ2) is 10.1. The molecular formula is C15H31N3O2. The molecule has 1 saturated heterocycles. The molecule has 1 aliphatic rings. The van der Waals surface area contributed by atoms with E-state index in [4.69, 9.17) is 10.5 Å². The van der Waals surface area contributed by atoms with Crippen molar-refractivity contribution in [1.29, 1.82) is 0 Å². The summed E-state index contributed by atoms with van der Waals surface area (Å²) in [5, 5.41) is 3.10. The van der Waals surface area contributed by atoms with Crippen LogP contribution >= 0.6 is 0 Å². The van der Waals surface area contributed by atoms with Gasteiger partial charge in [-0.3, -0.25) is 9.69 Å². The van der Waals surface area contributed by atoms with Gasteiger partial charge in [0.05, 0.1) is 13.2 Å². The lowest BCUT2D eigenvalue weighted by atomic mass is 9.96. The predicted octanol–water partition coefficient (Wildman–Crippen LogP) is 0.979. The number of nitrogens with one attached hydrogen (secondary N) is 1. The third-order valence-electron chi connectivity index (χ3n) is 3.98. The van der Waals surface area contributed by atoms with E-state index in [-0.39, 0.29) is 11.9 Å². The molecule has 5 nitrogen and oxygen atoms in total. The van der Waals surface area contributed by atoms with E-state index in [0.717, 1.165) is 52.1 Å². The number of hydrogen-bond acceptors (Lipinski definition) is 4. The average Bonchev–Trinajstić information content (AvgIpc) is 2.44. The lowest BCUT2D eigenvalue weighted by Gasteiger charge is -2.29. The summed E-state index contributed by atoms with van der Waals surface area (Å²) in [6.45, 7) is 9.41. The number of amides is 1. The number of nitrogens with two attached hydrogens (primary N) is 1. The van der Waals surface area contributed by atoms with E-state index in [0.29, 0.717) is 18.9 Å². The highest BCUT2D eigenvalue weighted by atomic mass is 16.5. The Hall–Kier alpha value is -0.650. The SMILES string of the molecule is CCC(CCN)CCC(=O)NC(C)CN1CCOCC1. The minimum Gasteiger partial charge on any atom is -0.379 e. The van der Waals surface area contributed by atoms with Crippen molar-refractivity contribution in [2.45, 2.75) is 45.6 Å². The van der Waals surface area contributed by atoms with Gasteiger partial charge in [0.1, 0.15) is 0 Å². The molecule has 1 rings (SSSR count). The van der Waals surface area contributed by atoms with Crippen molar-refractivity contribution in [3.8, 4) is 0 Å². The van der Waals surface area contributed by atoms with Crippen LogP contribution in [0.3, 0.4) is 0 Å². The minimum atomic E-state index is 0.168. The molecule has 1 fully saturated rings. The maximum atomic E-state index is 11.9. The van der Waals surface area contributed by atoms with E-state index < -0.39 is 0 Å². The third kappa shape index (κ3) is 7.22. The van der Waals surface area contributed by atoms with Gasteiger partial charge in [0.15, 0.2) is 0 Å². The highest BCUT2D eigenvalue weighted by molar-refractivity contribution is 5.76. The van der Waals surface area contributed by atoms with Crippen LogP contribution in [-0.2, 0) is 9.53 Å². The largest absolute Gasteiger partial charge is 0.379 e. The summed E-state index contributed by atoms with van der Waals surface area (Å²) in [5.41, 5.74) is 5.58. The molecule has 0 saturated carbocycles. The Morgan fingerprint density at radius 3 is 2.65 bits per heavy atom. The number of hydrogen-bond donors (Lipinski definition) is 2. The molecule has 0 bridgehead atoms. The third-order valence-corrected chi connectivity index (χ3v) is 3.98. The first-order chi connectivity index (χ1) is 9.65. The first kappa shape index (κ1) is 17.4. The summed E-state index contributed by atoms with van der Waals surface area (Å²) < 4.78 is 5.32. The normalized spacial score (nSPS) is 19.6. The Morgan fingerprint density at radius 2 is 2.05 bits per heavy atom. The zero-order valence-corrected chi connectivity index (χ0v) is 13.1. The molecule has 1 amide bonds. The Morgan fingerprint density at radius 1 is 1.35 bits per heavy atom. The monoisotopic (exact) mass is 285 g/mol. The van der Waals surface area contributed by atoms with Crippen LogP contribution in [0.25, 0.3) is 0 Å². The summed E-state index contributed by atoms with van der Waals surface area (Å²) in [7, 11) is 0. The molecule has 0 spiro atoms. The highest BCUT2D eigenvalue weighted by Gasteiger charge is 2.15. The summed E-state index contributed by atoms with van der Waals surface area (Å²) in [6.07, 6.45) is 3.69. The number of morpholine rings is 1. The Kier molecular flexibility index (Phi) is 8.82. The zero-order valence-electron chi connectivity index (χ0n) is 13.1. The molecular weight excluding hydrogens is 254 g/mol. The molecule has 0 aromatic rings. The Balaban J connectivity index is 2.16. The average molecular weight is 285 g/mol. The van der Waals surface area contributed by atoms with Gasteiger partial charge in [0.25, 0.3) is 0 Å². The van der Waals surface area contributed by atoms with Crippen molar-refractivity contribution in [2.75, 3.05) is 39.4 Å². The molecule has 0 radical (unpaired) electrons. The molecule has 1 heterocycles. The number of nitrogens with zero attached hydrogens (tertiary/aromatic N) is 1. The Bertz CT molecular complexity index is 268. The number of ether oxygens (including phenoxy) is 1. The molecule has 0 aromatic carbocycles. The van der Waals surface area contributed by atoms with E-state index in [1.165, 1.54) is 0 Å². The van der Waals surface area contributed by atoms with Crippen molar-refractivity contribution in [2.24, 2.45) is 11.7 Å². The van der Waals surface area contributed by atoms with Crippen molar-refractivity contribution >= 4 is 5.91 Å². The van der Waals surface area contributed by atoms with Gasteiger partial charge in [-0.05, 0) is 32.2 Å². The maximum Gasteiger partial charge on any atom is 0.220 e. The highest BCUT2D eigenvalue weighted by Crippen LogP contribution is 2.14. The summed E-state index contributed by atoms with van der Waals surface area (Å²) in [6, 6.07) is 0.204. The number of carbonyl (C=O) groups excluding carboxylic acids is 1. The first-order valence-corrected chi connectivity index (χ1v) is 7.95. The van der Waals surface area contributed by atoms with Gasteiger partial charge in [-0.15, -0.1) is 0 Å². The molecule has 1 aliphatic heterocycles. The summed E-state index contributed by atoms with van der Waals surface area (Å²) in [4.78, 5) is 14.3. The van der Waals surface area contributed by atoms with E-state index in [9.17, 15) is 4.79 Å². The van der Waals surface area contributed by atoms with Crippen LogP contribution < -0.4 is 11.1 Å². The quantitative estimate of drug-likeness (QED) is 0.662. The number of carbonyl (C=O) groups is 1. The lowest BCUT2D eigenvalue weighted by molar-refractivity contribution is -0.122. The van der Waals surface area contributed by atoms with Gasteiger partial charge < -0.3 is 15.8 Å². The molecule has 0 aliphatic carbocycles.